The first kappa shape index (κ1) is 23.1. The number of nitro benzene ring substituents is 1. The Morgan fingerprint density at radius 2 is 1.76 bits per heavy atom. The summed E-state index contributed by atoms with van der Waals surface area (Å²) in [5, 5.41) is 15.8. The molecule has 8 nitrogen and oxygen atoms in total. The van der Waals surface area contributed by atoms with Crippen molar-refractivity contribution in [3.8, 4) is 0 Å². The average molecular weight is 423 g/mol. The molecule has 2 aromatic carbocycles. The number of nitrogens with two attached hydrogens (primary N) is 1. The molecule has 0 saturated heterocycles. The van der Waals surface area contributed by atoms with Crippen LogP contribution >= 0.6 is 7.60 Å². The third-order valence-electron chi connectivity index (χ3n) is 4.64. The van der Waals surface area contributed by atoms with E-state index in [-0.39, 0.29) is 24.6 Å². The standard InChI is InChI=1S/C20H30N3O5P/c1-4-7-8-13-19(29(26,27-5-2)28-6-3)22-20-16-12-10-9-11-15(16)18(23(24)25)14-17(20)21/h9-12,14,19,22H,4-8,13,21H2,1-3H3. The Morgan fingerprint density at radius 1 is 1.14 bits per heavy atom. The number of nitrogen functional groups attached to an aromatic ring is 1. The van der Waals surface area contributed by atoms with Crippen LogP contribution in [0.4, 0.5) is 17.1 Å². The minimum atomic E-state index is -3.46. The monoisotopic (exact) mass is 423 g/mol. The second kappa shape index (κ2) is 10.6. The molecule has 0 radical (unpaired) electrons. The first-order chi connectivity index (χ1) is 13.9. The van der Waals surface area contributed by atoms with Crippen molar-refractivity contribution >= 4 is 35.4 Å². The SMILES string of the molecule is CCCCCC(Nc1c(N)cc([N+](=O)[O-])c2ccccc12)P(=O)(OCC)OCC. The van der Waals surface area contributed by atoms with E-state index < -0.39 is 18.3 Å². The molecular weight excluding hydrogens is 393 g/mol. The average Bonchev–Trinajstić information content (AvgIpc) is 2.68. The second-order valence-electron chi connectivity index (χ2n) is 6.69. The van der Waals surface area contributed by atoms with Crippen LogP contribution in [0, 0.1) is 10.1 Å². The molecule has 0 aliphatic heterocycles. The number of nitro groups is 1. The molecule has 0 aromatic heterocycles. The molecule has 0 aliphatic carbocycles. The topological polar surface area (TPSA) is 117 Å². The number of nitrogens with zero attached hydrogens (tertiary/aromatic N) is 1. The number of nitrogens with one attached hydrogen (secondary N) is 1. The lowest BCUT2D eigenvalue weighted by atomic mass is 10.0. The molecule has 0 fully saturated rings. The normalized spacial score (nSPS) is 12.8. The van der Waals surface area contributed by atoms with Gasteiger partial charge in [0.05, 0.1) is 34.9 Å². The first-order valence-electron chi connectivity index (χ1n) is 9.98. The molecule has 1 unspecified atom stereocenters. The summed E-state index contributed by atoms with van der Waals surface area (Å²) in [5.41, 5.74) is 6.84. The molecule has 160 valence electrons. The van der Waals surface area contributed by atoms with Crippen molar-refractivity contribution in [2.45, 2.75) is 52.2 Å². The number of fused-ring (bicyclic) bond motifs is 1. The van der Waals surface area contributed by atoms with Gasteiger partial charge in [-0.25, -0.2) is 0 Å². The van der Waals surface area contributed by atoms with E-state index in [1.165, 1.54) is 6.07 Å². The summed E-state index contributed by atoms with van der Waals surface area (Å²) in [6.07, 6.45) is 3.40. The fourth-order valence-electron chi connectivity index (χ4n) is 3.33. The van der Waals surface area contributed by atoms with Gasteiger partial charge in [-0.3, -0.25) is 14.7 Å². The summed E-state index contributed by atoms with van der Waals surface area (Å²) in [4.78, 5) is 11.0. The molecule has 0 bridgehead atoms. The third-order valence-corrected chi connectivity index (χ3v) is 7.03. The largest absolute Gasteiger partial charge is 0.397 e. The van der Waals surface area contributed by atoms with Gasteiger partial charge in [0.1, 0.15) is 5.78 Å². The van der Waals surface area contributed by atoms with Gasteiger partial charge in [-0.05, 0) is 26.3 Å². The second-order valence-corrected chi connectivity index (χ2v) is 8.91. The van der Waals surface area contributed by atoms with Gasteiger partial charge in [-0.2, -0.15) is 0 Å². The molecule has 3 N–H and O–H groups in total. The highest BCUT2D eigenvalue weighted by Crippen LogP contribution is 2.55. The van der Waals surface area contributed by atoms with Gasteiger partial charge >= 0.3 is 7.60 Å². The van der Waals surface area contributed by atoms with Crippen molar-refractivity contribution in [2.75, 3.05) is 24.3 Å². The minimum absolute atomic E-state index is 0.0658. The number of unbranched alkanes of at least 4 members (excludes halogenated alkanes) is 2. The van der Waals surface area contributed by atoms with Crippen LogP contribution in [0.15, 0.2) is 30.3 Å². The Hall–Kier alpha value is -2.15. The Bertz CT molecular complexity index is 880. The number of non-ortho nitro benzene ring substituents is 1. The van der Waals surface area contributed by atoms with Gasteiger partial charge in [-0.15, -0.1) is 0 Å². The summed E-state index contributed by atoms with van der Waals surface area (Å²) >= 11 is 0. The highest BCUT2D eigenvalue weighted by Gasteiger charge is 2.36. The Balaban J connectivity index is 2.53. The lowest BCUT2D eigenvalue weighted by molar-refractivity contribution is -0.383. The smallest absolute Gasteiger partial charge is 0.352 e. The van der Waals surface area contributed by atoms with Crippen LogP contribution in [0.5, 0.6) is 0 Å². The summed E-state index contributed by atoms with van der Waals surface area (Å²) in [5.74, 6) is -0.610. The predicted molar refractivity (Wildman–Crippen MR) is 117 cm³/mol. The van der Waals surface area contributed by atoms with Crippen LogP contribution < -0.4 is 11.1 Å². The molecule has 0 saturated carbocycles. The molecule has 29 heavy (non-hydrogen) atoms. The molecular formula is C20H30N3O5P. The van der Waals surface area contributed by atoms with Crippen LogP contribution in [-0.2, 0) is 13.6 Å². The van der Waals surface area contributed by atoms with Crippen molar-refractivity contribution in [1.82, 2.24) is 0 Å². The Labute approximate surface area is 171 Å². The fraction of sp³-hybridized carbons (Fsp3) is 0.500. The van der Waals surface area contributed by atoms with E-state index in [9.17, 15) is 14.7 Å². The van der Waals surface area contributed by atoms with Crippen LogP contribution in [-0.4, -0.2) is 23.9 Å². The van der Waals surface area contributed by atoms with Crippen LogP contribution in [0.25, 0.3) is 10.8 Å². The summed E-state index contributed by atoms with van der Waals surface area (Å²) < 4.78 is 24.6. The first-order valence-corrected chi connectivity index (χ1v) is 11.6. The zero-order valence-electron chi connectivity index (χ0n) is 17.2. The lowest BCUT2D eigenvalue weighted by Crippen LogP contribution is -2.23. The van der Waals surface area contributed by atoms with Crippen molar-refractivity contribution in [3.05, 3.63) is 40.4 Å². The van der Waals surface area contributed by atoms with E-state index >= 15 is 0 Å². The minimum Gasteiger partial charge on any atom is -0.397 e. The van der Waals surface area contributed by atoms with Gasteiger partial charge in [0.15, 0.2) is 0 Å². The molecule has 0 aliphatic rings. The number of benzene rings is 2. The third kappa shape index (κ3) is 5.47. The molecule has 1 atom stereocenters. The number of hydrogen-bond donors (Lipinski definition) is 2. The summed E-state index contributed by atoms with van der Waals surface area (Å²) in [7, 11) is -3.46. The van der Waals surface area contributed by atoms with Gasteiger partial charge in [0, 0.05) is 11.5 Å². The van der Waals surface area contributed by atoms with Crippen molar-refractivity contribution in [1.29, 1.82) is 0 Å². The van der Waals surface area contributed by atoms with Gasteiger partial charge in [-0.1, -0.05) is 44.4 Å². The van der Waals surface area contributed by atoms with E-state index in [1.54, 1.807) is 38.1 Å². The quantitative estimate of drug-likeness (QED) is 0.143. The van der Waals surface area contributed by atoms with Crippen molar-refractivity contribution in [3.63, 3.8) is 0 Å². The van der Waals surface area contributed by atoms with E-state index in [4.69, 9.17) is 14.8 Å². The number of hydrogen-bond acceptors (Lipinski definition) is 7. The van der Waals surface area contributed by atoms with E-state index in [1.807, 2.05) is 0 Å². The Morgan fingerprint density at radius 3 is 2.31 bits per heavy atom. The summed E-state index contributed by atoms with van der Waals surface area (Å²) in [6, 6.07) is 8.29. The van der Waals surface area contributed by atoms with Crippen LogP contribution in [0.3, 0.4) is 0 Å². The van der Waals surface area contributed by atoms with Crippen molar-refractivity contribution < 1.29 is 18.5 Å². The maximum Gasteiger partial charge on any atom is 0.352 e. The number of anilines is 2. The number of rotatable bonds is 12. The van der Waals surface area contributed by atoms with Crippen molar-refractivity contribution in [2.24, 2.45) is 0 Å². The zero-order chi connectivity index (χ0) is 21.4. The fourth-order valence-corrected chi connectivity index (χ4v) is 5.27. The maximum atomic E-state index is 13.5. The van der Waals surface area contributed by atoms with E-state index in [2.05, 4.69) is 12.2 Å². The van der Waals surface area contributed by atoms with Gasteiger partial charge in [0.2, 0.25) is 0 Å². The van der Waals surface area contributed by atoms with E-state index in [0.717, 1.165) is 19.3 Å². The molecule has 9 heteroatoms. The van der Waals surface area contributed by atoms with Gasteiger partial charge < -0.3 is 20.1 Å². The predicted octanol–water partition coefficient (Wildman–Crippen LogP) is 5.91. The van der Waals surface area contributed by atoms with E-state index in [0.29, 0.717) is 22.9 Å². The lowest BCUT2D eigenvalue weighted by Gasteiger charge is -2.29. The molecule has 0 heterocycles. The highest BCUT2D eigenvalue weighted by molar-refractivity contribution is 7.54. The van der Waals surface area contributed by atoms with Crippen LogP contribution in [0.2, 0.25) is 0 Å². The highest BCUT2D eigenvalue weighted by atomic mass is 31.2. The summed E-state index contributed by atoms with van der Waals surface area (Å²) in [6.45, 7) is 6.13. The molecule has 2 aromatic rings. The van der Waals surface area contributed by atoms with Crippen LogP contribution in [0.1, 0.15) is 46.5 Å². The molecule has 0 amide bonds. The molecule has 2 rings (SSSR count). The van der Waals surface area contributed by atoms with Gasteiger partial charge in [0.25, 0.3) is 5.69 Å². The maximum absolute atomic E-state index is 13.5. The Kier molecular flexibility index (Phi) is 8.44. The molecule has 0 spiro atoms. The zero-order valence-corrected chi connectivity index (χ0v) is 18.1.